The van der Waals surface area contributed by atoms with E-state index in [9.17, 15) is 13.2 Å². The van der Waals surface area contributed by atoms with Gasteiger partial charge in [-0.25, -0.2) is 13.1 Å². The molecule has 0 saturated carbocycles. The highest BCUT2D eigenvalue weighted by molar-refractivity contribution is 7.89. The van der Waals surface area contributed by atoms with E-state index in [-0.39, 0.29) is 23.6 Å². The minimum absolute atomic E-state index is 0.0120. The Bertz CT molecular complexity index is 904. The van der Waals surface area contributed by atoms with Crippen LogP contribution < -0.4 is 10.0 Å². The van der Waals surface area contributed by atoms with Crippen LogP contribution >= 0.6 is 0 Å². The number of nitrogens with one attached hydrogen (secondary N) is 2. The van der Waals surface area contributed by atoms with Gasteiger partial charge in [0, 0.05) is 24.9 Å². The van der Waals surface area contributed by atoms with Gasteiger partial charge in [-0.1, -0.05) is 12.1 Å². The third-order valence-electron chi connectivity index (χ3n) is 3.25. The lowest BCUT2D eigenvalue weighted by molar-refractivity contribution is 0.102. The lowest BCUT2D eigenvalue weighted by atomic mass is 10.2. The molecule has 2 aromatic carbocycles. The summed E-state index contributed by atoms with van der Waals surface area (Å²) in [5.41, 5.74) is 1.06. The minimum Gasteiger partial charge on any atom is -0.383 e. The molecule has 8 heteroatoms. The van der Waals surface area contributed by atoms with E-state index in [1.807, 2.05) is 6.07 Å². The van der Waals surface area contributed by atoms with Crippen molar-refractivity contribution in [1.29, 1.82) is 5.26 Å². The van der Waals surface area contributed by atoms with E-state index >= 15 is 0 Å². The van der Waals surface area contributed by atoms with Crippen LogP contribution in [0.2, 0.25) is 0 Å². The van der Waals surface area contributed by atoms with E-state index in [1.165, 1.54) is 37.4 Å². The summed E-state index contributed by atoms with van der Waals surface area (Å²) in [5, 5.41) is 11.5. The quantitative estimate of drug-likeness (QED) is 0.732. The van der Waals surface area contributed by atoms with Gasteiger partial charge in [0.25, 0.3) is 5.91 Å². The first-order chi connectivity index (χ1) is 12.0. The summed E-state index contributed by atoms with van der Waals surface area (Å²) >= 11 is 0. The van der Waals surface area contributed by atoms with Crippen LogP contribution in [0, 0.1) is 11.3 Å². The van der Waals surface area contributed by atoms with Gasteiger partial charge < -0.3 is 10.1 Å². The summed E-state index contributed by atoms with van der Waals surface area (Å²) in [5.74, 6) is -0.468. The summed E-state index contributed by atoms with van der Waals surface area (Å²) in [6.45, 7) is 0.380. The molecule has 130 valence electrons. The number of carbonyl (C=O) groups is 1. The molecule has 2 rings (SSSR count). The predicted octanol–water partition coefficient (Wildman–Crippen LogP) is 1.74. The van der Waals surface area contributed by atoms with Crippen molar-refractivity contribution >= 4 is 21.6 Å². The standard InChI is InChI=1S/C17H17N3O4S/c1-24-9-8-19-25(22,23)16-7-3-5-14(11-16)17(21)20-15-6-2-4-13(10-15)12-18/h2-7,10-11,19H,8-9H2,1H3,(H,20,21). The molecular formula is C17H17N3O4S. The predicted molar refractivity (Wildman–Crippen MR) is 92.6 cm³/mol. The first-order valence-electron chi connectivity index (χ1n) is 7.36. The monoisotopic (exact) mass is 359 g/mol. The molecule has 0 aliphatic rings. The van der Waals surface area contributed by atoms with Crippen molar-refractivity contribution in [2.45, 2.75) is 4.90 Å². The number of hydrogen-bond donors (Lipinski definition) is 2. The normalized spacial score (nSPS) is 10.9. The second kappa shape index (κ2) is 8.39. The van der Waals surface area contributed by atoms with Crippen molar-refractivity contribution in [2.24, 2.45) is 0 Å². The lowest BCUT2D eigenvalue weighted by Crippen LogP contribution is -2.27. The van der Waals surface area contributed by atoms with E-state index < -0.39 is 15.9 Å². The number of anilines is 1. The summed E-state index contributed by atoms with van der Waals surface area (Å²) < 4.78 is 31.6. The number of ether oxygens (including phenoxy) is 1. The second-order valence-electron chi connectivity index (χ2n) is 5.07. The first kappa shape index (κ1) is 18.6. The van der Waals surface area contributed by atoms with E-state index in [4.69, 9.17) is 10.00 Å². The minimum atomic E-state index is -3.73. The van der Waals surface area contributed by atoms with Crippen LogP contribution in [0.25, 0.3) is 0 Å². The molecule has 0 radical (unpaired) electrons. The van der Waals surface area contributed by atoms with Crippen LogP contribution in [0.15, 0.2) is 53.4 Å². The fourth-order valence-electron chi connectivity index (χ4n) is 2.04. The van der Waals surface area contributed by atoms with Crippen molar-refractivity contribution < 1.29 is 17.9 Å². The van der Waals surface area contributed by atoms with E-state index in [0.29, 0.717) is 11.3 Å². The van der Waals surface area contributed by atoms with Gasteiger partial charge in [-0.15, -0.1) is 0 Å². The number of methoxy groups -OCH3 is 1. The highest BCUT2D eigenvalue weighted by Crippen LogP contribution is 2.15. The number of rotatable bonds is 7. The summed E-state index contributed by atoms with van der Waals surface area (Å²) in [6.07, 6.45) is 0. The van der Waals surface area contributed by atoms with Crippen molar-refractivity contribution in [2.75, 3.05) is 25.6 Å². The number of carbonyl (C=O) groups excluding carboxylic acids is 1. The third kappa shape index (κ3) is 5.12. The maximum Gasteiger partial charge on any atom is 0.255 e. The molecule has 7 nitrogen and oxygen atoms in total. The van der Waals surface area contributed by atoms with Crippen molar-refractivity contribution in [1.82, 2.24) is 4.72 Å². The molecular weight excluding hydrogens is 342 g/mol. The van der Waals surface area contributed by atoms with Gasteiger partial charge in [0.05, 0.1) is 23.1 Å². The largest absolute Gasteiger partial charge is 0.383 e. The SMILES string of the molecule is COCCNS(=O)(=O)c1cccc(C(=O)Nc2cccc(C#N)c2)c1. The Morgan fingerprint density at radius 1 is 1.20 bits per heavy atom. The Labute approximate surface area is 146 Å². The zero-order chi connectivity index (χ0) is 18.3. The highest BCUT2D eigenvalue weighted by Gasteiger charge is 2.16. The molecule has 2 aromatic rings. The van der Waals surface area contributed by atoms with E-state index in [0.717, 1.165) is 0 Å². The molecule has 0 atom stereocenters. The van der Waals surface area contributed by atoms with Crippen LogP contribution in [-0.2, 0) is 14.8 Å². The number of nitrogens with zero attached hydrogens (tertiary/aromatic N) is 1. The van der Waals surface area contributed by atoms with Crippen molar-refractivity contribution in [3.05, 3.63) is 59.7 Å². The second-order valence-corrected chi connectivity index (χ2v) is 6.83. The summed E-state index contributed by atoms with van der Waals surface area (Å²) in [4.78, 5) is 12.3. The number of amides is 1. The van der Waals surface area contributed by atoms with Crippen molar-refractivity contribution in [3.8, 4) is 6.07 Å². The average molecular weight is 359 g/mol. The first-order valence-corrected chi connectivity index (χ1v) is 8.85. The molecule has 0 saturated heterocycles. The van der Waals surface area contributed by atoms with E-state index in [1.54, 1.807) is 18.2 Å². The van der Waals surface area contributed by atoms with Gasteiger partial charge in [0.2, 0.25) is 10.0 Å². The zero-order valence-electron chi connectivity index (χ0n) is 13.5. The molecule has 0 aliphatic heterocycles. The molecule has 0 aromatic heterocycles. The van der Waals surface area contributed by atoms with Crippen LogP contribution in [0.3, 0.4) is 0 Å². The summed E-state index contributed by atoms with van der Waals surface area (Å²) in [6, 6.07) is 14.1. The molecule has 0 spiro atoms. The number of benzene rings is 2. The average Bonchev–Trinajstić information content (AvgIpc) is 2.62. The van der Waals surface area contributed by atoms with Crippen LogP contribution in [-0.4, -0.2) is 34.6 Å². The molecule has 0 bridgehead atoms. The molecule has 0 fully saturated rings. The molecule has 1 amide bonds. The fourth-order valence-corrected chi connectivity index (χ4v) is 3.09. The molecule has 0 heterocycles. The van der Waals surface area contributed by atoms with Crippen molar-refractivity contribution in [3.63, 3.8) is 0 Å². The maximum absolute atomic E-state index is 12.3. The maximum atomic E-state index is 12.3. The van der Waals surface area contributed by atoms with Gasteiger partial charge in [0.15, 0.2) is 0 Å². The Hall–Kier alpha value is -2.73. The Kier molecular flexibility index (Phi) is 6.25. The number of sulfonamides is 1. The third-order valence-corrected chi connectivity index (χ3v) is 4.71. The number of nitriles is 1. The van der Waals surface area contributed by atoms with Gasteiger partial charge in [-0.05, 0) is 36.4 Å². The van der Waals surface area contributed by atoms with Gasteiger partial charge in [-0.3, -0.25) is 4.79 Å². The van der Waals surface area contributed by atoms with Crippen LogP contribution in [0.1, 0.15) is 15.9 Å². The molecule has 0 unspecified atom stereocenters. The highest BCUT2D eigenvalue weighted by atomic mass is 32.2. The van der Waals surface area contributed by atoms with E-state index in [2.05, 4.69) is 10.0 Å². The van der Waals surface area contributed by atoms with Gasteiger partial charge in [0.1, 0.15) is 0 Å². The smallest absolute Gasteiger partial charge is 0.255 e. The lowest BCUT2D eigenvalue weighted by Gasteiger charge is -2.09. The van der Waals surface area contributed by atoms with Crippen LogP contribution in [0.5, 0.6) is 0 Å². The Morgan fingerprint density at radius 3 is 2.68 bits per heavy atom. The topological polar surface area (TPSA) is 108 Å². The number of hydrogen-bond acceptors (Lipinski definition) is 5. The molecule has 2 N–H and O–H groups in total. The van der Waals surface area contributed by atoms with Gasteiger partial charge in [-0.2, -0.15) is 5.26 Å². The van der Waals surface area contributed by atoms with Crippen LogP contribution in [0.4, 0.5) is 5.69 Å². The molecule has 0 aliphatic carbocycles. The van der Waals surface area contributed by atoms with Gasteiger partial charge >= 0.3 is 0 Å². The summed E-state index contributed by atoms with van der Waals surface area (Å²) in [7, 11) is -2.25. The zero-order valence-corrected chi connectivity index (χ0v) is 14.3. The molecule has 25 heavy (non-hydrogen) atoms. The fraction of sp³-hybridized carbons (Fsp3) is 0.176. The Balaban J connectivity index is 2.17. The Morgan fingerprint density at radius 2 is 1.96 bits per heavy atom.